The van der Waals surface area contributed by atoms with Gasteiger partial charge in [0, 0.05) is 13.3 Å². The Morgan fingerprint density at radius 3 is 2.55 bits per heavy atom. The largest absolute Gasteiger partial charge is 0.462 e. The Morgan fingerprint density at radius 2 is 1.84 bits per heavy atom. The second-order valence-corrected chi connectivity index (χ2v) is 12.8. The number of carbonyl (C=O) groups excluding carboxylic acids is 1. The van der Waals surface area contributed by atoms with Crippen LogP contribution in [0.4, 0.5) is 0 Å². The Hall–Kier alpha value is -0.790. The first-order valence-corrected chi connectivity index (χ1v) is 13.5. The first kappa shape index (κ1) is 23.4. The summed E-state index contributed by atoms with van der Waals surface area (Å²) in [5.74, 6) is 5.19. The molecule has 0 saturated heterocycles. The molecular formula is C29H48O2. The zero-order chi connectivity index (χ0) is 22.4. The van der Waals surface area contributed by atoms with Gasteiger partial charge in [-0.3, -0.25) is 4.79 Å². The van der Waals surface area contributed by atoms with Crippen molar-refractivity contribution in [1.29, 1.82) is 0 Å². The molecule has 3 unspecified atom stereocenters. The number of fused-ring (bicyclic) bond motifs is 5. The Kier molecular flexibility index (Phi) is 6.68. The van der Waals surface area contributed by atoms with E-state index in [4.69, 9.17) is 4.74 Å². The van der Waals surface area contributed by atoms with Gasteiger partial charge in [-0.1, -0.05) is 65.5 Å². The van der Waals surface area contributed by atoms with E-state index in [1.54, 1.807) is 12.5 Å². The lowest BCUT2D eigenvalue weighted by atomic mass is 9.47. The molecule has 2 heteroatoms. The van der Waals surface area contributed by atoms with Crippen LogP contribution in [0.15, 0.2) is 11.6 Å². The molecule has 3 saturated carbocycles. The highest BCUT2D eigenvalue weighted by Crippen LogP contribution is 2.67. The molecule has 0 bridgehead atoms. The lowest BCUT2D eigenvalue weighted by Crippen LogP contribution is -2.51. The highest BCUT2D eigenvalue weighted by atomic mass is 16.5. The molecule has 0 heterocycles. The average Bonchev–Trinajstić information content (AvgIpc) is 3.05. The Morgan fingerprint density at radius 1 is 1.06 bits per heavy atom. The van der Waals surface area contributed by atoms with Gasteiger partial charge in [0.05, 0.1) is 0 Å². The van der Waals surface area contributed by atoms with Crippen molar-refractivity contribution in [2.45, 2.75) is 118 Å². The van der Waals surface area contributed by atoms with Crippen LogP contribution in [0.25, 0.3) is 0 Å². The van der Waals surface area contributed by atoms with E-state index in [9.17, 15) is 4.79 Å². The molecule has 0 amide bonds. The predicted octanol–water partition coefficient (Wildman–Crippen LogP) is 7.96. The minimum atomic E-state index is -0.115. The van der Waals surface area contributed by atoms with Gasteiger partial charge in [0.15, 0.2) is 0 Å². The normalized spacial score (nSPS) is 42.9. The molecule has 0 aromatic carbocycles. The summed E-state index contributed by atoms with van der Waals surface area (Å²) in [5, 5.41) is 0. The number of hydrogen-bond donors (Lipinski definition) is 0. The summed E-state index contributed by atoms with van der Waals surface area (Å²) < 4.78 is 5.61. The van der Waals surface area contributed by atoms with Crippen molar-refractivity contribution in [3.63, 3.8) is 0 Å². The van der Waals surface area contributed by atoms with Crippen molar-refractivity contribution in [2.75, 3.05) is 0 Å². The summed E-state index contributed by atoms with van der Waals surface area (Å²) in [6, 6.07) is 0. The van der Waals surface area contributed by atoms with Gasteiger partial charge in [0.2, 0.25) is 0 Å². The smallest absolute Gasteiger partial charge is 0.302 e. The molecule has 3 fully saturated rings. The molecule has 4 rings (SSSR count). The summed E-state index contributed by atoms with van der Waals surface area (Å²) in [4.78, 5) is 11.5. The Labute approximate surface area is 192 Å². The zero-order valence-electron chi connectivity index (χ0n) is 21.2. The molecule has 4 aliphatic rings. The van der Waals surface area contributed by atoms with E-state index in [1.807, 2.05) is 0 Å². The second-order valence-electron chi connectivity index (χ2n) is 12.8. The van der Waals surface area contributed by atoms with Crippen LogP contribution < -0.4 is 0 Å². The minimum absolute atomic E-state index is 0.115. The van der Waals surface area contributed by atoms with Crippen molar-refractivity contribution in [3.8, 4) is 0 Å². The van der Waals surface area contributed by atoms with Gasteiger partial charge < -0.3 is 4.74 Å². The maximum absolute atomic E-state index is 11.5. The van der Waals surface area contributed by atoms with E-state index in [-0.39, 0.29) is 12.1 Å². The van der Waals surface area contributed by atoms with Crippen LogP contribution in [0, 0.1) is 46.3 Å². The number of carbonyl (C=O) groups is 1. The SMILES string of the molecule is CC(=O)O[C@H]1CC[C@@]2(C)C(=CC[C@@H]3C2CC[C@@]2(C)C3CC[C@@H]2C(C)CCCC(C)C)C1. The molecule has 0 spiro atoms. The molecule has 31 heavy (non-hydrogen) atoms. The topological polar surface area (TPSA) is 26.3 Å². The van der Waals surface area contributed by atoms with Crippen LogP contribution in [-0.4, -0.2) is 12.1 Å². The molecular weight excluding hydrogens is 380 g/mol. The molecule has 4 aliphatic carbocycles. The first-order valence-electron chi connectivity index (χ1n) is 13.5. The van der Waals surface area contributed by atoms with Crippen LogP contribution in [0.5, 0.6) is 0 Å². The third kappa shape index (κ3) is 4.26. The number of ether oxygens (including phenoxy) is 1. The van der Waals surface area contributed by atoms with Gasteiger partial charge in [-0.15, -0.1) is 0 Å². The minimum Gasteiger partial charge on any atom is -0.462 e. The van der Waals surface area contributed by atoms with Crippen molar-refractivity contribution in [2.24, 2.45) is 46.3 Å². The predicted molar refractivity (Wildman–Crippen MR) is 129 cm³/mol. The number of hydrogen-bond acceptors (Lipinski definition) is 2. The van der Waals surface area contributed by atoms with Crippen LogP contribution in [-0.2, 0) is 9.53 Å². The van der Waals surface area contributed by atoms with E-state index in [0.29, 0.717) is 10.8 Å². The van der Waals surface area contributed by atoms with Crippen LogP contribution in [0.1, 0.15) is 112 Å². The van der Waals surface area contributed by atoms with Crippen molar-refractivity contribution in [1.82, 2.24) is 0 Å². The fraction of sp³-hybridized carbons (Fsp3) is 0.897. The summed E-state index contributed by atoms with van der Waals surface area (Å²) >= 11 is 0. The van der Waals surface area contributed by atoms with Crippen LogP contribution >= 0.6 is 0 Å². The van der Waals surface area contributed by atoms with E-state index < -0.39 is 0 Å². The number of allylic oxidation sites excluding steroid dienone is 1. The standard InChI is InChI=1S/C29H48O2/c1-19(2)8-7-9-20(3)25-12-13-26-24-11-10-22-18-23(31-21(4)30)14-16-28(22,5)27(24)15-17-29(25,26)6/h10,19-20,23-27H,7-9,11-18H2,1-6H3/t20?,23-,24-,25+,26?,27?,28-,29+/m0/s1. The van der Waals surface area contributed by atoms with E-state index in [1.165, 1.54) is 57.8 Å². The van der Waals surface area contributed by atoms with Gasteiger partial charge in [0.25, 0.3) is 0 Å². The lowest BCUT2D eigenvalue weighted by molar-refractivity contribution is -0.148. The van der Waals surface area contributed by atoms with Crippen molar-refractivity contribution in [3.05, 3.63) is 11.6 Å². The monoisotopic (exact) mass is 428 g/mol. The van der Waals surface area contributed by atoms with Crippen molar-refractivity contribution < 1.29 is 9.53 Å². The lowest BCUT2D eigenvalue weighted by Gasteiger charge is -2.58. The second kappa shape index (κ2) is 8.86. The molecule has 0 radical (unpaired) electrons. The third-order valence-corrected chi connectivity index (χ3v) is 10.6. The zero-order valence-corrected chi connectivity index (χ0v) is 21.2. The summed E-state index contributed by atoms with van der Waals surface area (Å²) in [7, 11) is 0. The number of rotatable bonds is 6. The van der Waals surface area contributed by atoms with Crippen LogP contribution in [0.2, 0.25) is 0 Å². The van der Waals surface area contributed by atoms with E-state index in [0.717, 1.165) is 48.3 Å². The summed E-state index contributed by atoms with van der Waals surface area (Å²) in [5.41, 5.74) is 2.53. The van der Waals surface area contributed by atoms with Gasteiger partial charge in [-0.25, -0.2) is 0 Å². The van der Waals surface area contributed by atoms with Gasteiger partial charge in [-0.2, -0.15) is 0 Å². The summed E-state index contributed by atoms with van der Waals surface area (Å²) in [6.07, 6.45) is 17.2. The highest BCUT2D eigenvalue weighted by Gasteiger charge is 2.59. The Bertz CT molecular complexity index is 693. The van der Waals surface area contributed by atoms with E-state index in [2.05, 4.69) is 40.7 Å². The van der Waals surface area contributed by atoms with Crippen LogP contribution in [0.3, 0.4) is 0 Å². The molecule has 0 aliphatic heterocycles. The molecule has 0 N–H and O–H groups in total. The molecule has 176 valence electrons. The molecule has 8 atom stereocenters. The first-order chi connectivity index (χ1) is 14.6. The number of esters is 1. The highest BCUT2D eigenvalue weighted by molar-refractivity contribution is 5.66. The summed E-state index contributed by atoms with van der Waals surface area (Å²) in [6.45, 7) is 14.1. The molecule has 0 aromatic heterocycles. The van der Waals surface area contributed by atoms with Gasteiger partial charge in [-0.05, 0) is 91.3 Å². The average molecular weight is 429 g/mol. The maximum atomic E-state index is 11.5. The van der Waals surface area contributed by atoms with E-state index >= 15 is 0 Å². The van der Waals surface area contributed by atoms with Gasteiger partial charge in [0.1, 0.15) is 6.10 Å². The fourth-order valence-corrected chi connectivity index (χ4v) is 8.99. The Balaban J connectivity index is 1.47. The molecule has 0 aromatic rings. The third-order valence-electron chi connectivity index (χ3n) is 10.6. The fourth-order valence-electron chi connectivity index (χ4n) is 8.99. The van der Waals surface area contributed by atoms with Gasteiger partial charge >= 0.3 is 5.97 Å². The maximum Gasteiger partial charge on any atom is 0.302 e. The van der Waals surface area contributed by atoms with Crippen molar-refractivity contribution >= 4 is 5.97 Å². The molecule has 2 nitrogen and oxygen atoms in total. The quantitative estimate of drug-likeness (QED) is 0.317.